The largest absolute Gasteiger partial charge is 0.456 e. The molecule has 0 atom stereocenters. The quantitative estimate of drug-likeness (QED) is 0.170. The molecule has 58 heavy (non-hydrogen) atoms. The molecule has 4 heteroatoms. The Morgan fingerprint density at radius 1 is 0.293 bits per heavy atom. The van der Waals surface area contributed by atoms with E-state index in [1.807, 2.05) is 0 Å². The van der Waals surface area contributed by atoms with Gasteiger partial charge in [-0.15, -0.1) is 0 Å². The predicted octanol–water partition coefficient (Wildman–Crippen LogP) is 15.4. The number of aromatic nitrogens is 1. The average Bonchev–Trinajstić information content (AvgIpc) is 3.96. The Hall–Kier alpha value is -7.82. The van der Waals surface area contributed by atoms with Crippen molar-refractivity contribution in [1.82, 2.24) is 4.57 Å². The zero-order valence-electron chi connectivity index (χ0n) is 31.3. The molecular formula is C54H34N2O2. The molecule has 4 nitrogen and oxygen atoms in total. The van der Waals surface area contributed by atoms with Crippen LogP contribution in [0.3, 0.4) is 0 Å². The van der Waals surface area contributed by atoms with Gasteiger partial charge in [-0.1, -0.05) is 103 Å². The van der Waals surface area contributed by atoms with E-state index in [1.165, 1.54) is 21.8 Å². The highest BCUT2D eigenvalue weighted by atomic mass is 16.3. The first kappa shape index (κ1) is 32.4. The molecule has 0 radical (unpaired) electrons. The van der Waals surface area contributed by atoms with Crippen molar-refractivity contribution in [1.29, 1.82) is 0 Å². The summed E-state index contributed by atoms with van der Waals surface area (Å²) in [5.74, 6) is 0. The standard InChI is InChI=1S/C54H34N2O2/c1-3-14-39(15-4-1)55(40-16-5-2-6-17-40)41-24-28-53-47(33-41)45-31-37(22-26-51(45)57-53)35-12-11-13-36(30-35)38-23-27-52-46(32-38)48-34-42(25-29-54(48)58-52)56-49-20-9-7-18-43(49)44-19-8-10-21-50(44)56/h1-34H. The summed E-state index contributed by atoms with van der Waals surface area (Å²) in [6, 6.07) is 73.2. The second-order valence-corrected chi connectivity index (χ2v) is 14.9. The van der Waals surface area contributed by atoms with E-state index in [-0.39, 0.29) is 0 Å². The van der Waals surface area contributed by atoms with Gasteiger partial charge in [0.1, 0.15) is 22.3 Å². The first-order valence-corrected chi connectivity index (χ1v) is 19.7. The summed E-state index contributed by atoms with van der Waals surface area (Å²) in [5.41, 5.74) is 14.8. The monoisotopic (exact) mass is 742 g/mol. The molecule has 12 rings (SSSR count). The fourth-order valence-electron chi connectivity index (χ4n) is 8.85. The van der Waals surface area contributed by atoms with E-state index < -0.39 is 0 Å². The van der Waals surface area contributed by atoms with Gasteiger partial charge < -0.3 is 18.3 Å². The third kappa shape index (κ3) is 5.16. The Morgan fingerprint density at radius 2 is 0.741 bits per heavy atom. The Bertz CT molecular complexity index is 3430. The Morgan fingerprint density at radius 3 is 1.31 bits per heavy atom. The summed E-state index contributed by atoms with van der Waals surface area (Å²) in [4.78, 5) is 2.29. The molecule has 0 unspecified atom stereocenters. The lowest BCUT2D eigenvalue weighted by Crippen LogP contribution is -2.09. The van der Waals surface area contributed by atoms with Crippen LogP contribution in [0.1, 0.15) is 0 Å². The van der Waals surface area contributed by atoms with Gasteiger partial charge in [0.05, 0.1) is 11.0 Å². The van der Waals surface area contributed by atoms with Crippen molar-refractivity contribution >= 4 is 82.7 Å². The van der Waals surface area contributed by atoms with Crippen LogP contribution in [0.4, 0.5) is 17.1 Å². The molecule has 0 fully saturated rings. The maximum atomic E-state index is 6.40. The molecule has 0 saturated heterocycles. The number of hydrogen-bond donors (Lipinski definition) is 0. The van der Waals surface area contributed by atoms with E-state index in [0.29, 0.717) is 0 Å². The van der Waals surface area contributed by atoms with Gasteiger partial charge in [0, 0.05) is 55.1 Å². The average molecular weight is 743 g/mol. The summed E-state index contributed by atoms with van der Waals surface area (Å²) in [6.07, 6.45) is 0. The lowest BCUT2D eigenvalue weighted by Gasteiger charge is -2.25. The van der Waals surface area contributed by atoms with Crippen molar-refractivity contribution in [2.75, 3.05) is 4.90 Å². The van der Waals surface area contributed by atoms with Gasteiger partial charge in [-0.25, -0.2) is 0 Å². The summed E-state index contributed by atoms with van der Waals surface area (Å²) >= 11 is 0. The summed E-state index contributed by atoms with van der Waals surface area (Å²) in [6.45, 7) is 0. The van der Waals surface area contributed by atoms with Crippen LogP contribution in [0, 0.1) is 0 Å². The van der Waals surface area contributed by atoms with Crippen molar-refractivity contribution in [2.24, 2.45) is 0 Å². The third-order valence-electron chi connectivity index (χ3n) is 11.6. The van der Waals surface area contributed by atoms with Gasteiger partial charge in [-0.05, 0) is 125 Å². The highest BCUT2D eigenvalue weighted by molar-refractivity contribution is 6.11. The predicted molar refractivity (Wildman–Crippen MR) is 241 cm³/mol. The van der Waals surface area contributed by atoms with Gasteiger partial charge in [0.25, 0.3) is 0 Å². The number of nitrogens with zero attached hydrogens (tertiary/aromatic N) is 2. The third-order valence-corrected chi connectivity index (χ3v) is 11.6. The number of furan rings is 2. The van der Waals surface area contributed by atoms with Crippen LogP contribution >= 0.6 is 0 Å². The van der Waals surface area contributed by atoms with Crippen LogP contribution in [0.5, 0.6) is 0 Å². The molecule has 272 valence electrons. The maximum absolute atomic E-state index is 6.40. The van der Waals surface area contributed by atoms with E-state index in [1.54, 1.807) is 0 Å². The molecular weight excluding hydrogens is 709 g/mol. The normalized spacial score (nSPS) is 11.8. The molecule has 3 heterocycles. The molecule has 0 aliphatic rings. The second-order valence-electron chi connectivity index (χ2n) is 14.9. The van der Waals surface area contributed by atoms with Crippen molar-refractivity contribution in [3.8, 4) is 27.9 Å². The lowest BCUT2D eigenvalue weighted by atomic mass is 9.97. The Labute approximate surface area is 334 Å². The highest BCUT2D eigenvalue weighted by Gasteiger charge is 2.17. The summed E-state index contributed by atoms with van der Waals surface area (Å²) < 4.78 is 15.2. The van der Waals surface area contributed by atoms with Crippen LogP contribution < -0.4 is 4.90 Å². The van der Waals surface area contributed by atoms with E-state index in [0.717, 1.165) is 88.9 Å². The van der Waals surface area contributed by atoms with E-state index in [4.69, 9.17) is 8.83 Å². The SMILES string of the molecule is c1ccc(N(c2ccccc2)c2ccc3oc4ccc(-c5cccc(-c6ccc7oc8ccc(-n9c%10ccccc%10c%10ccccc%109)cc8c7c6)c5)cc4c3c2)cc1. The molecule has 0 amide bonds. The van der Waals surface area contributed by atoms with Gasteiger partial charge in [-0.3, -0.25) is 0 Å². The molecule has 0 aliphatic carbocycles. The fraction of sp³-hybridized carbons (Fsp3) is 0. The van der Waals surface area contributed by atoms with Crippen LogP contribution in [-0.4, -0.2) is 4.57 Å². The van der Waals surface area contributed by atoms with E-state index in [9.17, 15) is 0 Å². The number of hydrogen-bond acceptors (Lipinski definition) is 3. The molecule has 3 aromatic heterocycles. The van der Waals surface area contributed by atoms with Crippen LogP contribution in [0.2, 0.25) is 0 Å². The van der Waals surface area contributed by atoms with Crippen LogP contribution in [0.25, 0.3) is 93.6 Å². The zero-order chi connectivity index (χ0) is 38.2. The number of rotatable bonds is 6. The fourth-order valence-corrected chi connectivity index (χ4v) is 8.85. The summed E-state index contributed by atoms with van der Waals surface area (Å²) in [5, 5.41) is 6.87. The van der Waals surface area contributed by atoms with Crippen molar-refractivity contribution in [3.05, 3.63) is 206 Å². The van der Waals surface area contributed by atoms with Crippen molar-refractivity contribution < 1.29 is 8.83 Å². The number of benzene rings is 9. The summed E-state index contributed by atoms with van der Waals surface area (Å²) in [7, 11) is 0. The van der Waals surface area contributed by atoms with Gasteiger partial charge in [-0.2, -0.15) is 0 Å². The van der Waals surface area contributed by atoms with E-state index >= 15 is 0 Å². The van der Waals surface area contributed by atoms with Crippen molar-refractivity contribution in [3.63, 3.8) is 0 Å². The maximum Gasteiger partial charge on any atom is 0.135 e. The number of para-hydroxylation sites is 4. The minimum Gasteiger partial charge on any atom is -0.456 e. The number of fused-ring (bicyclic) bond motifs is 9. The molecule has 0 bridgehead atoms. The number of anilines is 3. The highest BCUT2D eigenvalue weighted by Crippen LogP contribution is 2.41. The molecule has 9 aromatic carbocycles. The van der Waals surface area contributed by atoms with Crippen LogP contribution in [0.15, 0.2) is 215 Å². The molecule has 12 aromatic rings. The molecule has 0 saturated carbocycles. The smallest absolute Gasteiger partial charge is 0.135 e. The van der Waals surface area contributed by atoms with Crippen molar-refractivity contribution in [2.45, 2.75) is 0 Å². The van der Waals surface area contributed by atoms with E-state index in [2.05, 4.69) is 216 Å². The van der Waals surface area contributed by atoms with Gasteiger partial charge in [0.2, 0.25) is 0 Å². The molecule has 0 spiro atoms. The topological polar surface area (TPSA) is 34.5 Å². The molecule has 0 N–H and O–H groups in total. The zero-order valence-corrected chi connectivity index (χ0v) is 31.3. The minimum atomic E-state index is 0.868. The minimum absolute atomic E-state index is 0.868. The second kappa shape index (κ2) is 12.9. The van der Waals surface area contributed by atoms with Gasteiger partial charge in [0.15, 0.2) is 0 Å². The molecule has 0 aliphatic heterocycles. The Balaban J connectivity index is 0.938. The first-order chi connectivity index (χ1) is 28.7. The lowest BCUT2D eigenvalue weighted by molar-refractivity contribution is 0.668. The van der Waals surface area contributed by atoms with Gasteiger partial charge >= 0.3 is 0 Å². The first-order valence-electron chi connectivity index (χ1n) is 19.7. The van der Waals surface area contributed by atoms with Crippen LogP contribution in [-0.2, 0) is 0 Å². The Kier molecular flexibility index (Phi) is 7.20.